The molecule has 31 heavy (non-hydrogen) atoms. The Hall–Kier alpha value is -2.80. The van der Waals surface area contributed by atoms with Crippen molar-refractivity contribution in [2.75, 3.05) is 18.6 Å². The van der Waals surface area contributed by atoms with Gasteiger partial charge in [-0.3, -0.25) is 9.97 Å². The Bertz CT molecular complexity index is 1060. The fraction of sp³-hybridized carbons (Fsp3) is 0.500. The highest BCUT2D eigenvalue weighted by molar-refractivity contribution is 5.89. The molecule has 0 aliphatic carbocycles. The maximum absolute atomic E-state index is 6.00. The molecule has 0 saturated carbocycles. The summed E-state index contributed by atoms with van der Waals surface area (Å²) >= 11 is 0. The quantitative estimate of drug-likeness (QED) is 0.662. The first-order chi connectivity index (χ1) is 14.7. The van der Waals surface area contributed by atoms with Crippen molar-refractivity contribution in [1.82, 2.24) is 25.5 Å². The Morgan fingerprint density at radius 3 is 2.29 bits per heavy atom. The summed E-state index contributed by atoms with van der Waals surface area (Å²) in [7, 11) is 2.12. The molecule has 1 fully saturated rings. The van der Waals surface area contributed by atoms with Gasteiger partial charge in [-0.05, 0) is 59.6 Å². The van der Waals surface area contributed by atoms with Gasteiger partial charge in [0, 0.05) is 53.8 Å². The molecular formula is C24H32N6O. The standard InChI is InChI=1S/C24H32N6O/c1-7-31-21-13-20-19(25-10-11-26-20)12-18(21)17-8-9-27-28-22(17)30(6)16-14-23(2,3)29-24(4,5)15-16/h8-13,16,29H,7,14-15H2,1-6H3. The third-order valence-electron chi connectivity index (χ3n) is 5.91. The number of hydrogen-bond acceptors (Lipinski definition) is 7. The fourth-order valence-electron chi connectivity index (χ4n) is 4.99. The third kappa shape index (κ3) is 4.46. The molecule has 0 amide bonds. The molecule has 164 valence electrons. The second-order valence-corrected chi connectivity index (χ2v) is 9.66. The van der Waals surface area contributed by atoms with Crippen molar-refractivity contribution in [3.8, 4) is 16.9 Å². The normalized spacial score (nSPS) is 18.1. The minimum Gasteiger partial charge on any atom is -0.493 e. The van der Waals surface area contributed by atoms with Crippen molar-refractivity contribution >= 4 is 16.9 Å². The molecule has 0 unspecified atom stereocenters. The summed E-state index contributed by atoms with van der Waals surface area (Å²) in [6, 6.07) is 6.34. The molecule has 1 saturated heterocycles. The van der Waals surface area contributed by atoms with Gasteiger partial charge >= 0.3 is 0 Å². The first-order valence-electron chi connectivity index (χ1n) is 10.9. The van der Waals surface area contributed by atoms with Crippen molar-refractivity contribution in [3.05, 3.63) is 36.8 Å². The second kappa shape index (κ2) is 8.04. The van der Waals surface area contributed by atoms with Crippen molar-refractivity contribution in [2.24, 2.45) is 0 Å². The summed E-state index contributed by atoms with van der Waals surface area (Å²) < 4.78 is 6.00. The lowest BCUT2D eigenvalue weighted by Gasteiger charge is -2.49. The van der Waals surface area contributed by atoms with Crippen molar-refractivity contribution in [2.45, 2.75) is 64.6 Å². The largest absolute Gasteiger partial charge is 0.493 e. The van der Waals surface area contributed by atoms with Crippen LogP contribution in [-0.2, 0) is 0 Å². The Kier molecular flexibility index (Phi) is 5.56. The lowest BCUT2D eigenvalue weighted by atomic mass is 9.79. The summed E-state index contributed by atoms with van der Waals surface area (Å²) in [6.45, 7) is 11.6. The van der Waals surface area contributed by atoms with Crippen LogP contribution in [0.4, 0.5) is 5.82 Å². The van der Waals surface area contributed by atoms with Gasteiger partial charge in [0.05, 0.1) is 23.8 Å². The molecule has 7 nitrogen and oxygen atoms in total. The third-order valence-corrected chi connectivity index (χ3v) is 5.91. The molecule has 4 rings (SSSR count). The summed E-state index contributed by atoms with van der Waals surface area (Å²) in [5.74, 6) is 1.63. The summed E-state index contributed by atoms with van der Waals surface area (Å²) in [4.78, 5) is 11.2. The Balaban J connectivity index is 1.80. The van der Waals surface area contributed by atoms with Gasteiger partial charge in [0.2, 0.25) is 0 Å². The van der Waals surface area contributed by atoms with Crippen molar-refractivity contribution in [1.29, 1.82) is 0 Å². The number of rotatable bonds is 5. The first-order valence-corrected chi connectivity index (χ1v) is 10.9. The van der Waals surface area contributed by atoms with Crippen LogP contribution in [0.3, 0.4) is 0 Å². The molecule has 1 aliphatic rings. The number of nitrogens with zero attached hydrogens (tertiary/aromatic N) is 5. The maximum Gasteiger partial charge on any atom is 0.159 e. The van der Waals surface area contributed by atoms with E-state index in [1.165, 1.54) is 0 Å². The summed E-state index contributed by atoms with van der Waals surface area (Å²) in [6.07, 6.45) is 7.18. The van der Waals surface area contributed by atoms with Gasteiger partial charge in [-0.25, -0.2) is 0 Å². The van der Waals surface area contributed by atoms with Crippen LogP contribution in [0, 0.1) is 0 Å². The van der Waals surface area contributed by atoms with E-state index in [1.54, 1.807) is 18.6 Å². The average molecular weight is 421 g/mol. The number of anilines is 1. The molecule has 3 aromatic rings. The van der Waals surface area contributed by atoms with Crippen LogP contribution < -0.4 is 15.0 Å². The zero-order valence-corrected chi connectivity index (χ0v) is 19.3. The number of ether oxygens (including phenoxy) is 1. The van der Waals surface area contributed by atoms with E-state index >= 15 is 0 Å². The molecule has 3 heterocycles. The fourth-order valence-corrected chi connectivity index (χ4v) is 4.99. The predicted octanol–water partition coefficient (Wildman–Crippen LogP) is 4.23. The van der Waals surface area contributed by atoms with Gasteiger partial charge in [0.25, 0.3) is 0 Å². The van der Waals surface area contributed by atoms with Crippen molar-refractivity contribution in [3.63, 3.8) is 0 Å². The van der Waals surface area contributed by atoms with E-state index in [-0.39, 0.29) is 11.1 Å². The summed E-state index contributed by atoms with van der Waals surface area (Å²) in [5, 5.41) is 12.6. The molecular weight excluding hydrogens is 388 g/mol. The van der Waals surface area contributed by atoms with E-state index in [9.17, 15) is 0 Å². The maximum atomic E-state index is 6.00. The van der Waals surface area contributed by atoms with Crippen LogP contribution in [0.2, 0.25) is 0 Å². The second-order valence-electron chi connectivity index (χ2n) is 9.66. The smallest absolute Gasteiger partial charge is 0.159 e. The SMILES string of the molecule is CCOc1cc2nccnc2cc1-c1ccnnc1N(C)C1CC(C)(C)NC(C)(C)C1. The van der Waals surface area contributed by atoms with Gasteiger partial charge in [-0.15, -0.1) is 5.10 Å². The van der Waals surface area contributed by atoms with E-state index in [0.29, 0.717) is 12.6 Å². The van der Waals surface area contributed by atoms with Gasteiger partial charge < -0.3 is 15.0 Å². The van der Waals surface area contributed by atoms with Gasteiger partial charge in [-0.1, -0.05) is 0 Å². The Morgan fingerprint density at radius 1 is 1.00 bits per heavy atom. The molecule has 0 spiro atoms. The number of hydrogen-bond donors (Lipinski definition) is 1. The minimum absolute atomic E-state index is 0.0398. The van der Waals surface area contributed by atoms with Crippen LogP contribution in [0.25, 0.3) is 22.2 Å². The van der Waals surface area contributed by atoms with Crippen LogP contribution in [-0.4, -0.2) is 50.9 Å². The lowest BCUT2D eigenvalue weighted by Crippen LogP contribution is -2.62. The number of piperidine rings is 1. The van der Waals surface area contributed by atoms with Crippen LogP contribution in [0.5, 0.6) is 5.75 Å². The molecule has 0 bridgehead atoms. The van der Waals surface area contributed by atoms with Crippen LogP contribution in [0.1, 0.15) is 47.5 Å². The molecule has 0 atom stereocenters. The summed E-state index contributed by atoms with van der Waals surface area (Å²) in [5.41, 5.74) is 3.67. The number of nitrogens with one attached hydrogen (secondary N) is 1. The molecule has 1 aromatic carbocycles. The van der Waals surface area contributed by atoms with E-state index in [2.05, 4.69) is 65.1 Å². The minimum atomic E-state index is 0.0398. The van der Waals surface area contributed by atoms with E-state index in [0.717, 1.165) is 46.6 Å². The Morgan fingerprint density at radius 2 is 1.65 bits per heavy atom. The lowest BCUT2D eigenvalue weighted by molar-refractivity contribution is 0.160. The molecule has 1 N–H and O–H groups in total. The molecule has 0 radical (unpaired) electrons. The van der Waals surface area contributed by atoms with Crippen LogP contribution in [0.15, 0.2) is 36.8 Å². The Labute approximate surface area is 184 Å². The van der Waals surface area contributed by atoms with Gasteiger partial charge in [0.1, 0.15) is 5.75 Å². The van der Waals surface area contributed by atoms with Crippen molar-refractivity contribution < 1.29 is 4.74 Å². The van der Waals surface area contributed by atoms with Gasteiger partial charge in [-0.2, -0.15) is 5.10 Å². The highest BCUT2D eigenvalue weighted by atomic mass is 16.5. The van der Waals surface area contributed by atoms with Gasteiger partial charge in [0.15, 0.2) is 5.82 Å². The predicted molar refractivity (Wildman–Crippen MR) is 124 cm³/mol. The number of fused-ring (bicyclic) bond motifs is 1. The average Bonchev–Trinajstić information content (AvgIpc) is 2.71. The molecule has 7 heteroatoms. The van der Waals surface area contributed by atoms with Crippen LogP contribution >= 0.6 is 0 Å². The zero-order valence-electron chi connectivity index (χ0n) is 19.3. The first kappa shape index (κ1) is 21.4. The molecule has 2 aromatic heterocycles. The topological polar surface area (TPSA) is 76.1 Å². The zero-order chi connectivity index (χ0) is 22.2. The highest BCUT2D eigenvalue weighted by Crippen LogP contribution is 2.40. The highest BCUT2D eigenvalue weighted by Gasteiger charge is 2.40. The van der Waals surface area contributed by atoms with E-state index < -0.39 is 0 Å². The van der Waals surface area contributed by atoms with E-state index in [1.807, 2.05) is 25.1 Å². The monoisotopic (exact) mass is 420 g/mol. The van der Waals surface area contributed by atoms with E-state index in [4.69, 9.17) is 4.74 Å². The number of aromatic nitrogens is 4. The number of benzene rings is 1. The molecule has 1 aliphatic heterocycles.